The molecule has 3 nitrogen and oxygen atoms in total. The Kier molecular flexibility index (Phi) is 2.83. The van der Waals surface area contributed by atoms with Crippen molar-refractivity contribution in [3.8, 4) is 0 Å². The van der Waals surface area contributed by atoms with E-state index in [1.165, 1.54) is 6.42 Å². The first kappa shape index (κ1) is 9.00. The van der Waals surface area contributed by atoms with Crippen LogP contribution in [-0.4, -0.2) is 31.6 Å². The number of hydrogen-bond donors (Lipinski definition) is 1. The molecule has 3 heteroatoms. The molecule has 1 fully saturated rings. The molecule has 0 spiro atoms. The summed E-state index contributed by atoms with van der Waals surface area (Å²) in [5.41, 5.74) is 0. The van der Waals surface area contributed by atoms with Crippen molar-refractivity contribution >= 4 is 5.90 Å². The second-order valence-electron chi connectivity index (χ2n) is 3.96. The first-order chi connectivity index (χ1) is 6.38. The third kappa shape index (κ3) is 2.21. The van der Waals surface area contributed by atoms with Crippen molar-refractivity contribution in [1.82, 2.24) is 5.32 Å². The predicted molar refractivity (Wildman–Crippen MR) is 53.1 cm³/mol. The molecule has 0 radical (unpaired) electrons. The molecule has 2 heterocycles. The summed E-state index contributed by atoms with van der Waals surface area (Å²) in [6.07, 6.45) is 3.43. The van der Waals surface area contributed by atoms with Gasteiger partial charge < -0.3 is 10.1 Å². The second-order valence-corrected chi connectivity index (χ2v) is 3.96. The van der Waals surface area contributed by atoms with Gasteiger partial charge in [-0.25, -0.2) is 4.99 Å². The van der Waals surface area contributed by atoms with Crippen LogP contribution in [0.4, 0.5) is 0 Å². The number of rotatable bonds is 3. The zero-order valence-corrected chi connectivity index (χ0v) is 8.25. The van der Waals surface area contributed by atoms with E-state index in [1.807, 2.05) is 0 Å². The van der Waals surface area contributed by atoms with Crippen molar-refractivity contribution in [3.63, 3.8) is 0 Å². The molecule has 0 saturated carbocycles. The molecule has 2 atom stereocenters. The zero-order valence-electron chi connectivity index (χ0n) is 8.25. The van der Waals surface area contributed by atoms with E-state index >= 15 is 0 Å². The molecular formula is C10H18N2O. The number of ether oxygens (including phenoxy) is 1. The zero-order chi connectivity index (χ0) is 9.10. The van der Waals surface area contributed by atoms with E-state index in [0.29, 0.717) is 6.04 Å². The maximum atomic E-state index is 5.54. The van der Waals surface area contributed by atoms with Crippen LogP contribution in [0, 0.1) is 5.92 Å². The molecule has 2 rings (SSSR count). The number of hydrogen-bond acceptors (Lipinski definition) is 3. The SMILES string of the molecule is CCC1COC(CC2CCNC2)=N1. The van der Waals surface area contributed by atoms with Gasteiger partial charge in [0.25, 0.3) is 0 Å². The maximum absolute atomic E-state index is 5.54. The van der Waals surface area contributed by atoms with Crippen molar-refractivity contribution in [2.75, 3.05) is 19.7 Å². The van der Waals surface area contributed by atoms with Gasteiger partial charge >= 0.3 is 0 Å². The molecule has 0 aromatic rings. The summed E-state index contributed by atoms with van der Waals surface area (Å²) >= 11 is 0. The van der Waals surface area contributed by atoms with Gasteiger partial charge in [-0.1, -0.05) is 6.92 Å². The lowest BCUT2D eigenvalue weighted by molar-refractivity contribution is 0.302. The first-order valence-electron chi connectivity index (χ1n) is 5.28. The fourth-order valence-corrected chi connectivity index (χ4v) is 1.93. The minimum atomic E-state index is 0.435. The van der Waals surface area contributed by atoms with Gasteiger partial charge in [0, 0.05) is 6.42 Å². The van der Waals surface area contributed by atoms with Crippen LogP contribution in [0.1, 0.15) is 26.2 Å². The minimum absolute atomic E-state index is 0.435. The van der Waals surface area contributed by atoms with E-state index in [0.717, 1.165) is 44.4 Å². The standard InChI is InChI=1S/C10H18N2O/c1-2-9-7-13-10(12-9)5-8-3-4-11-6-8/h8-9,11H,2-7H2,1H3. The highest BCUT2D eigenvalue weighted by atomic mass is 16.5. The molecule has 1 N–H and O–H groups in total. The molecule has 1 saturated heterocycles. The van der Waals surface area contributed by atoms with Crippen molar-refractivity contribution in [3.05, 3.63) is 0 Å². The Hall–Kier alpha value is -0.570. The minimum Gasteiger partial charge on any atom is -0.479 e. The quantitative estimate of drug-likeness (QED) is 0.711. The van der Waals surface area contributed by atoms with Gasteiger partial charge in [-0.2, -0.15) is 0 Å². The Morgan fingerprint density at radius 2 is 2.54 bits per heavy atom. The number of aliphatic imine (C=N–C) groups is 1. The lowest BCUT2D eigenvalue weighted by atomic mass is 10.1. The molecule has 2 aliphatic rings. The van der Waals surface area contributed by atoms with Gasteiger partial charge in [-0.15, -0.1) is 0 Å². The fourth-order valence-electron chi connectivity index (χ4n) is 1.93. The first-order valence-corrected chi connectivity index (χ1v) is 5.28. The molecule has 0 aromatic heterocycles. The van der Waals surface area contributed by atoms with Crippen molar-refractivity contribution in [2.45, 2.75) is 32.2 Å². The molecular weight excluding hydrogens is 164 g/mol. The van der Waals surface area contributed by atoms with E-state index in [4.69, 9.17) is 4.74 Å². The van der Waals surface area contributed by atoms with Gasteiger partial charge in [0.2, 0.25) is 0 Å². The third-order valence-electron chi connectivity index (χ3n) is 2.87. The summed E-state index contributed by atoms with van der Waals surface area (Å²) in [7, 11) is 0. The summed E-state index contributed by atoms with van der Waals surface area (Å²) < 4.78 is 5.54. The molecule has 0 aliphatic carbocycles. The summed E-state index contributed by atoms with van der Waals surface area (Å²) in [6.45, 7) is 5.28. The second kappa shape index (κ2) is 4.09. The molecule has 0 aromatic carbocycles. The summed E-state index contributed by atoms with van der Waals surface area (Å²) in [5, 5.41) is 3.36. The van der Waals surface area contributed by atoms with Crippen molar-refractivity contribution in [1.29, 1.82) is 0 Å². The molecule has 0 amide bonds. The molecule has 74 valence electrons. The van der Waals surface area contributed by atoms with E-state index in [-0.39, 0.29) is 0 Å². The summed E-state index contributed by atoms with van der Waals surface area (Å²) in [4.78, 5) is 4.54. The molecule has 2 aliphatic heterocycles. The van der Waals surface area contributed by atoms with Crippen LogP contribution >= 0.6 is 0 Å². The highest BCUT2D eigenvalue weighted by molar-refractivity contribution is 5.77. The van der Waals surface area contributed by atoms with Gasteiger partial charge in [0.05, 0.1) is 6.04 Å². The van der Waals surface area contributed by atoms with Crippen LogP contribution in [-0.2, 0) is 4.74 Å². The lowest BCUT2D eigenvalue weighted by Crippen LogP contribution is -2.12. The Morgan fingerprint density at radius 1 is 1.62 bits per heavy atom. The van der Waals surface area contributed by atoms with E-state index in [2.05, 4.69) is 17.2 Å². The van der Waals surface area contributed by atoms with Crippen molar-refractivity contribution in [2.24, 2.45) is 10.9 Å². The van der Waals surface area contributed by atoms with E-state index < -0.39 is 0 Å². The Labute approximate surface area is 79.6 Å². The van der Waals surface area contributed by atoms with Crippen LogP contribution in [0.2, 0.25) is 0 Å². The average Bonchev–Trinajstić information content (AvgIpc) is 2.76. The lowest BCUT2D eigenvalue weighted by Gasteiger charge is -2.06. The Morgan fingerprint density at radius 3 is 3.15 bits per heavy atom. The normalized spacial score (nSPS) is 33.2. The van der Waals surface area contributed by atoms with Crippen LogP contribution in [0.15, 0.2) is 4.99 Å². The van der Waals surface area contributed by atoms with Gasteiger partial charge in [0.15, 0.2) is 5.90 Å². The summed E-state index contributed by atoms with van der Waals surface area (Å²) in [6, 6.07) is 0.435. The van der Waals surface area contributed by atoms with Crippen molar-refractivity contribution < 1.29 is 4.74 Å². The van der Waals surface area contributed by atoms with Crippen LogP contribution in [0.3, 0.4) is 0 Å². The molecule has 0 bridgehead atoms. The Balaban J connectivity index is 1.81. The maximum Gasteiger partial charge on any atom is 0.183 e. The largest absolute Gasteiger partial charge is 0.479 e. The molecule has 2 unspecified atom stereocenters. The summed E-state index contributed by atoms with van der Waals surface area (Å²) in [5.74, 6) is 1.76. The topological polar surface area (TPSA) is 33.6 Å². The smallest absolute Gasteiger partial charge is 0.183 e. The monoisotopic (exact) mass is 182 g/mol. The van der Waals surface area contributed by atoms with E-state index in [1.54, 1.807) is 0 Å². The van der Waals surface area contributed by atoms with Crippen LogP contribution in [0.25, 0.3) is 0 Å². The van der Waals surface area contributed by atoms with E-state index in [9.17, 15) is 0 Å². The van der Waals surface area contributed by atoms with Gasteiger partial charge in [-0.05, 0) is 31.8 Å². The van der Waals surface area contributed by atoms with Gasteiger partial charge in [0.1, 0.15) is 6.61 Å². The van der Waals surface area contributed by atoms with Crippen LogP contribution in [0.5, 0.6) is 0 Å². The highest BCUT2D eigenvalue weighted by Gasteiger charge is 2.22. The molecule has 13 heavy (non-hydrogen) atoms. The average molecular weight is 182 g/mol. The predicted octanol–water partition coefficient (Wildman–Crippen LogP) is 1.19. The fraction of sp³-hybridized carbons (Fsp3) is 0.900. The van der Waals surface area contributed by atoms with Crippen LogP contribution < -0.4 is 5.32 Å². The number of nitrogens with zero attached hydrogens (tertiary/aromatic N) is 1. The van der Waals surface area contributed by atoms with Gasteiger partial charge in [-0.3, -0.25) is 0 Å². The number of nitrogens with one attached hydrogen (secondary N) is 1. The Bertz CT molecular complexity index is 197. The highest BCUT2D eigenvalue weighted by Crippen LogP contribution is 2.17. The third-order valence-corrected chi connectivity index (χ3v) is 2.87.